The molecule has 0 bridgehead atoms. The van der Waals surface area contributed by atoms with Crippen molar-refractivity contribution in [3.63, 3.8) is 0 Å². The van der Waals surface area contributed by atoms with Crippen molar-refractivity contribution in [1.29, 1.82) is 0 Å². The molecule has 67 heavy (non-hydrogen) atoms. The zero-order valence-electron chi connectivity index (χ0n) is 39.6. The minimum absolute atomic E-state index is 1.16. The fourth-order valence-corrected chi connectivity index (χ4v) is 12.3. The van der Waals surface area contributed by atoms with E-state index in [0.29, 0.717) is 0 Å². The third-order valence-corrected chi connectivity index (χ3v) is 15.9. The lowest BCUT2D eigenvalue weighted by molar-refractivity contribution is 1.17. The predicted octanol–water partition coefficient (Wildman–Crippen LogP) is 19.1. The average molecular weight is 883 g/mol. The molecule has 0 spiro atoms. The standard InChI is InChI=1S/C64H54N2S/c1-39-43(5)62(65(49-23-13-9-14-24-49)50-25-15-10-16-26-50)44(6)40(2)59(39)47-33-35-55-57(37-47)53-31-21-22-32-54(53)61-56-36-34-48(38-58(56)67-64(55)61)60-41(3)45(7)63(46(8)42(60)4)66(51-27-17-11-18-28-51)52-29-19-12-20-30-52/h9-38H,1-8H3. The van der Waals surface area contributed by atoms with Gasteiger partial charge in [-0.25, -0.2) is 0 Å². The van der Waals surface area contributed by atoms with Crippen LogP contribution in [0.25, 0.3) is 64.0 Å². The van der Waals surface area contributed by atoms with Gasteiger partial charge >= 0.3 is 0 Å². The van der Waals surface area contributed by atoms with Gasteiger partial charge in [-0.15, -0.1) is 11.3 Å². The Kier molecular flexibility index (Phi) is 10.6. The molecular formula is C64H54N2S. The monoisotopic (exact) mass is 882 g/mol. The molecule has 0 fully saturated rings. The Labute approximate surface area is 399 Å². The van der Waals surface area contributed by atoms with Gasteiger partial charge in [0.05, 0.1) is 11.4 Å². The molecule has 2 nitrogen and oxygen atoms in total. The van der Waals surface area contributed by atoms with Crippen LogP contribution in [0.5, 0.6) is 0 Å². The number of hydrogen-bond donors (Lipinski definition) is 0. The first kappa shape index (κ1) is 42.2. The third kappa shape index (κ3) is 6.83. The second-order valence-electron chi connectivity index (χ2n) is 18.3. The van der Waals surface area contributed by atoms with Crippen molar-refractivity contribution in [3.8, 4) is 22.3 Å². The van der Waals surface area contributed by atoms with E-state index >= 15 is 0 Å². The summed E-state index contributed by atoms with van der Waals surface area (Å²) in [6, 6.07) is 66.6. The van der Waals surface area contributed by atoms with Crippen molar-refractivity contribution >= 4 is 87.2 Å². The van der Waals surface area contributed by atoms with Crippen LogP contribution in [0.2, 0.25) is 0 Å². The quantitative estimate of drug-likeness (QED) is 0.140. The molecule has 326 valence electrons. The highest BCUT2D eigenvalue weighted by molar-refractivity contribution is 7.27. The van der Waals surface area contributed by atoms with Crippen LogP contribution in [0.1, 0.15) is 44.5 Å². The zero-order chi connectivity index (χ0) is 46.1. The van der Waals surface area contributed by atoms with E-state index in [0.717, 1.165) is 22.7 Å². The molecule has 0 saturated carbocycles. The van der Waals surface area contributed by atoms with Gasteiger partial charge in [0.1, 0.15) is 0 Å². The molecule has 0 aliphatic heterocycles. The number of anilines is 6. The normalized spacial score (nSPS) is 11.6. The summed E-state index contributed by atoms with van der Waals surface area (Å²) in [6.07, 6.45) is 0. The summed E-state index contributed by atoms with van der Waals surface area (Å²) < 4.78 is 2.67. The molecule has 0 amide bonds. The molecule has 0 aliphatic rings. The number of thiophene rings is 1. The molecule has 0 N–H and O–H groups in total. The van der Waals surface area contributed by atoms with Gasteiger partial charge in [0, 0.05) is 48.3 Å². The average Bonchev–Trinajstić information content (AvgIpc) is 3.76. The first-order valence-electron chi connectivity index (χ1n) is 23.4. The van der Waals surface area contributed by atoms with Gasteiger partial charge < -0.3 is 9.80 Å². The van der Waals surface area contributed by atoms with Crippen LogP contribution in [0.4, 0.5) is 34.1 Å². The van der Waals surface area contributed by atoms with E-state index in [2.05, 4.69) is 247 Å². The molecule has 11 aromatic rings. The molecule has 0 unspecified atom stereocenters. The first-order valence-corrected chi connectivity index (χ1v) is 24.3. The summed E-state index contributed by atoms with van der Waals surface area (Å²) in [6.45, 7) is 18.4. The Bertz CT molecular complexity index is 3560. The van der Waals surface area contributed by atoms with Crippen molar-refractivity contribution in [2.45, 2.75) is 55.4 Å². The van der Waals surface area contributed by atoms with Crippen LogP contribution >= 0.6 is 11.3 Å². The van der Waals surface area contributed by atoms with Crippen LogP contribution in [0.3, 0.4) is 0 Å². The van der Waals surface area contributed by atoms with Gasteiger partial charge in [-0.1, -0.05) is 121 Å². The summed E-state index contributed by atoms with van der Waals surface area (Å²) in [4.78, 5) is 4.86. The number of nitrogens with zero attached hydrogens (tertiary/aromatic N) is 2. The smallest absolute Gasteiger partial charge is 0.0525 e. The Morgan fingerprint density at radius 2 is 0.657 bits per heavy atom. The van der Waals surface area contributed by atoms with E-state index in [4.69, 9.17) is 0 Å². The predicted molar refractivity (Wildman–Crippen MR) is 292 cm³/mol. The van der Waals surface area contributed by atoms with Gasteiger partial charge in [0.2, 0.25) is 0 Å². The Morgan fingerprint density at radius 1 is 0.299 bits per heavy atom. The van der Waals surface area contributed by atoms with E-state index in [9.17, 15) is 0 Å². The maximum absolute atomic E-state index is 2.47. The third-order valence-electron chi connectivity index (χ3n) is 14.7. The van der Waals surface area contributed by atoms with Crippen molar-refractivity contribution in [2.75, 3.05) is 9.80 Å². The molecule has 0 radical (unpaired) electrons. The molecule has 0 atom stereocenters. The number of benzene rings is 10. The Morgan fingerprint density at radius 3 is 1.07 bits per heavy atom. The minimum Gasteiger partial charge on any atom is -0.310 e. The lowest BCUT2D eigenvalue weighted by Gasteiger charge is -2.31. The highest BCUT2D eigenvalue weighted by Gasteiger charge is 2.26. The van der Waals surface area contributed by atoms with E-state index in [1.807, 2.05) is 11.3 Å². The molecule has 3 heteroatoms. The van der Waals surface area contributed by atoms with E-state index < -0.39 is 0 Å². The molecule has 1 aromatic heterocycles. The van der Waals surface area contributed by atoms with Crippen molar-refractivity contribution in [2.24, 2.45) is 0 Å². The molecule has 11 rings (SSSR count). The second-order valence-corrected chi connectivity index (χ2v) is 19.3. The van der Waals surface area contributed by atoms with Crippen LogP contribution in [-0.4, -0.2) is 0 Å². The summed E-state index contributed by atoms with van der Waals surface area (Å²) in [5.74, 6) is 0. The maximum atomic E-state index is 2.47. The summed E-state index contributed by atoms with van der Waals surface area (Å²) in [5, 5.41) is 7.89. The molecule has 1 heterocycles. The van der Waals surface area contributed by atoms with Crippen LogP contribution in [-0.2, 0) is 0 Å². The maximum Gasteiger partial charge on any atom is 0.0525 e. The number of rotatable bonds is 8. The van der Waals surface area contributed by atoms with Gasteiger partial charge in [-0.2, -0.15) is 0 Å². The van der Waals surface area contributed by atoms with E-state index in [-0.39, 0.29) is 0 Å². The van der Waals surface area contributed by atoms with Crippen molar-refractivity contribution < 1.29 is 0 Å². The lowest BCUT2D eigenvalue weighted by Crippen LogP contribution is -2.15. The fourth-order valence-electron chi connectivity index (χ4n) is 11.0. The van der Waals surface area contributed by atoms with Crippen molar-refractivity contribution in [1.82, 2.24) is 0 Å². The Hall–Kier alpha value is -7.46. The Balaban J connectivity index is 1.06. The summed E-state index contributed by atoms with van der Waals surface area (Å²) >= 11 is 1.94. The molecule has 0 saturated heterocycles. The highest BCUT2D eigenvalue weighted by Crippen LogP contribution is 2.50. The fraction of sp³-hybridized carbons (Fsp3) is 0.125. The minimum atomic E-state index is 1.16. The van der Waals surface area contributed by atoms with Gasteiger partial charge in [-0.3, -0.25) is 0 Å². The van der Waals surface area contributed by atoms with Gasteiger partial charge in [0.25, 0.3) is 0 Å². The zero-order valence-corrected chi connectivity index (χ0v) is 40.4. The molecule has 10 aromatic carbocycles. The van der Waals surface area contributed by atoms with E-state index in [1.54, 1.807) is 0 Å². The number of hydrogen-bond acceptors (Lipinski definition) is 3. The van der Waals surface area contributed by atoms with Crippen LogP contribution in [0, 0.1) is 55.4 Å². The van der Waals surface area contributed by atoms with Gasteiger partial charge in [0.15, 0.2) is 0 Å². The highest BCUT2D eigenvalue weighted by atomic mass is 32.1. The topological polar surface area (TPSA) is 6.48 Å². The molecule has 0 aliphatic carbocycles. The first-order chi connectivity index (χ1) is 32.6. The number of para-hydroxylation sites is 4. The SMILES string of the molecule is Cc1c(C)c(N(c2ccccc2)c2ccccc2)c(C)c(C)c1-c1ccc2c(c1)sc1c3ccc(-c4c(C)c(C)c(N(c5ccccc5)c5ccccc5)c(C)c4C)cc3c3ccccc3c21. The summed E-state index contributed by atoms with van der Waals surface area (Å²) in [5.41, 5.74) is 22.8. The van der Waals surface area contributed by atoms with E-state index in [1.165, 1.54) is 120 Å². The largest absolute Gasteiger partial charge is 0.310 e. The van der Waals surface area contributed by atoms with Crippen LogP contribution < -0.4 is 9.80 Å². The summed E-state index contributed by atoms with van der Waals surface area (Å²) in [7, 11) is 0. The second kappa shape index (κ2) is 16.8. The lowest BCUT2D eigenvalue weighted by atomic mass is 9.86. The van der Waals surface area contributed by atoms with Crippen LogP contribution in [0.15, 0.2) is 182 Å². The van der Waals surface area contributed by atoms with Crippen molar-refractivity contribution in [3.05, 3.63) is 226 Å². The number of fused-ring (bicyclic) bond motifs is 8. The van der Waals surface area contributed by atoms with Gasteiger partial charge in [-0.05, 0) is 199 Å². The molecular weight excluding hydrogens is 829 g/mol.